The number of ether oxygens (including phenoxy) is 4. The zero-order valence-corrected chi connectivity index (χ0v) is 28.1. The van der Waals surface area contributed by atoms with E-state index in [9.17, 15) is 9.90 Å². The number of carbonyl (C=O) groups excluding carboxylic acids is 1. The first-order valence-corrected chi connectivity index (χ1v) is 16.2. The molecule has 2 atom stereocenters. The molecule has 3 aliphatic heterocycles. The van der Waals surface area contributed by atoms with Gasteiger partial charge in [-0.15, -0.1) is 6.42 Å². The molecule has 3 aliphatic rings. The van der Waals surface area contributed by atoms with E-state index in [1.54, 1.807) is 31.3 Å². The molecular formula is C37H38F2N4O6. The van der Waals surface area contributed by atoms with E-state index in [0.29, 0.717) is 52.1 Å². The van der Waals surface area contributed by atoms with Gasteiger partial charge in [-0.25, -0.2) is 18.6 Å². The third-order valence-electron chi connectivity index (χ3n) is 9.50. The summed E-state index contributed by atoms with van der Waals surface area (Å²) in [7, 11) is 1.48. The second-order valence-electron chi connectivity index (χ2n) is 14.0. The van der Waals surface area contributed by atoms with Gasteiger partial charge < -0.3 is 29.0 Å². The number of halogens is 2. The standard InChI is InChI=1S/C37H38F2N4O6/c1-7-25-28(38)11-8-21-12-24(48-19-46-6)13-26(30(21)25)32-31(39)29-20(2)33(37(45)17-47-18-37)41-34(27(29)14-40-32)42-15-22-9-10-23(16-42)43(22)35(44)49-36(3,4)5/h1,8,11-14,22-23,45H,9-10,15-19H2,2-6H3. The number of aryl methyl sites for hydroxylation is 1. The number of hydrogen-bond donors (Lipinski definition) is 1. The lowest BCUT2D eigenvalue weighted by Gasteiger charge is -2.43. The summed E-state index contributed by atoms with van der Waals surface area (Å²) in [5, 5.41) is 13.0. The van der Waals surface area contributed by atoms with Crippen LogP contribution < -0.4 is 9.64 Å². The number of aromatic nitrogens is 2. The lowest BCUT2D eigenvalue weighted by Crippen LogP contribution is -2.57. The van der Waals surface area contributed by atoms with Gasteiger partial charge in [-0.05, 0) is 69.7 Å². The topological polar surface area (TPSA) is 106 Å². The minimum Gasteiger partial charge on any atom is -0.468 e. The number of hydrogen-bond acceptors (Lipinski definition) is 9. The van der Waals surface area contributed by atoms with Gasteiger partial charge in [-0.2, -0.15) is 0 Å². The van der Waals surface area contributed by atoms with Crippen LogP contribution in [0.4, 0.5) is 19.4 Å². The van der Waals surface area contributed by atoms with Crippen LogP contribution in [0.3, 0.4) is 0 Å². The van der Waals surface area contributed by atoms with Crippen molar-refractivity contribution in [3.05, 3.63) is 58.9 Å². The molecule has 5 heterocycles. The molecule has 49 heavy (non-hydrogen) atoms. The van der Waals surface area contributed by atoms with E-state index >= 15 is 8.78 Å². The fourth-order valence-corrected chi connectivity index (χ4v) is 7.35. The molecule has 1 amide bonds. The summed E-state index contributed by atoms with van der Waals surface area (Å²) in [5.41, 5.74) is -1.17. The first-order valence-electron chi connectivity index (χ1n) is 16.2. The highest BCUT2D eigenvalue weighted by Gasteiger charge is 2.46. The summed E-state index contributed by atoms with van der Waals surface area (Å²) >= 11 is 0. The zero-order chi connectivity index (χ0) is 34.8. The van der Waals surface area contributed by atoms with Crippen molar-refractivity contribution in [1.29, 1.82) is 0 Å². The zero-order valence-electron chi connectivity index (χ0n) is 28.1. The number of aliphatic hydroxyl groups is 1. The molecule has 2 bridgehead atoms. The molecule has 4 aromatic rings. The fourth-order valence-electron chi connectivity index (χ4n) is 7.35. The highest BCUT2D eigenvalue weighted by atomic mass is 19.1. The highest BCUT2D eigenvalue weighted by Crippen LogP contribution is 2.44. The largest absolute Gasteiger partial charge is 0.468 e. The monoisotopic (exact) mass is 672 g/mol. The van der Waals surface area contributed by atoms with Crippen molar-refractivity contribution in [2.75, 3.05) is 45.1 Å². The van der Waals surface area contributed by atoms with Crippen molar-refractivity contribution in [3.63, 3.8) is 0 Å². The Kier molecular flexibility index (Phi) is 8.13. The predicted octanol–water partition coefficient (Wildman–Crippen LogP) is 5.81. The van der Waals surface area contributed by atoms with Gasteiger partial charge in [0, 0.05) is 48.1 Å². The number of anilines is 1. The third kappa shape index (κ3) is 5.59. The number of rotatable bonds is 6. The molecular weight excluding hydrogens is 634 g/mol. The summed E-state index contributed by atoms with van der Waals surface area (Å²) in [6, 6.07) is 5.78. The summed E-state index contributed by atoms with van der Waals surface area (Å²) < 4.78 is 54.2. The van der Waals surface area contributed by atoms with Gasteiger partial charge in [0.2, 0.25) is 0 Å². The average molecular weight is 673 g/mol. The Morgan fingerprint density at radius 3 is 2.49 bits per heavy atom. The van der Waals surface area contributed by atoms with Crippen LogP contribution in [-0.4, -0.2) is 84.0 Å². The molecule has 0 saturated carbocycles. The smallest absolute Gasteiger partial charge is 0.410 e. The number of fused-ring (bicyclic) bond motifs is 4. The first-order chi connectivity index (χ1) is 23.3. The van der Waals surface area contributed by atoms with Crippen molar-refractivity contribution in [2.45, 2.75) is 63.8 Å². The van der Waals surface area contributed by atoms with Gasteiger partial charge in [-0.1, -0.05) is 12.0 Å². The summed E-state index contributed by atoms with van der Waals surface area (Å²) in [6.07, 6.45) is 8.54. The van der Waals surface area contributed by atoms with E-state index in [1.165, 1.54) is 13.2 Å². The molecule has 2 unspecified atom stereocenters. The molecule has 3 fully saturated rings. The van der Waals surface area contributed by atoms with E-state index in [1.807, 2.05) is 30.6 Å². The van der Waals surface area contributed by atoms with Crippen molar-refractivity contribution in [3.8, 4) is 29.4 Å². The number of nitrogens with zero attached hydrogens (tertiary/aromatic N) is 4. The van der Waals surface area contributed by atoms with Crippen LogP contribution in [0.25, 0.3) is 32.8 Å². The van der Waals surface area contributed by atoms with E-state index in [-0.39, 0.29) is 60.4 Å². The molecule has 12 heteroatoms. The van der Waals surface area contributed by atoms with Crippen LogP contribution in [0.15, 0.2) is 30.5 Å². The van der Waals surface area contributed by atoms with Crippen molar-refractivity contribution >= 4 is 33.5 Å². The number of benzene rings is 2. The average Bonchev–Trinajstić information content (AvgIpc) is 3.31. The van der Waals surface area contributed by atoms with Gasteiger partial charge in [0.25, 0.3) is 0 Å². The lowest BCUT2D eigenvalue weighted by atomic mass is 9.90. The Morgan fingerprint density at radius 1 is 1.16 bits per heavy atom. The number of piperazine rings is 1. The molecule has 7 rings (SSSR count). The minimum absolute atomic E-state index is 0.0113. The second-order valence-corrected chi connectivity index (χ2v) is 14.0. The molecule has 0 aliphatic carbocycles. The Balaban J connectivity index is 1.40. The Hall–Kier alpha value is -4.57. The predicted molar refractivity (Wildman–Crippen MR) is 179 cm³/mol. The van der Waals surface area contributed by atoms with Crippen LogP contribution in [-0.2, 0) is 19.8 Å². The second kappa shape index (κ2) is 12.1. The maximum Gasteiger partial charge on any atom is 0.410 e. The van der Waals surface area contributed by atoms with Crippen LogP contribution in [0, 0.1) is 30.9 Å². The normalized spacial score (nSPS) is 20.0. The van der Waals surface area contributed by atoms with Crippen LogP contribution in [0.5, 0.6) is 5.75 Å². The number of terminal acetylenes is 1. The molecule has 10 nitrogen and oxygen atoms in total. The van der Waals surface area contributed by atoms with E-state index in [2.05, 4.69) is 10.9 Å². The number of carbonyl (C=O) groups is 1. The fraction of sp³-hybridized carbons (Fsp3) is 0.432. The van der Waals surface area contributed by atoms with Gasteiger partial charge in [0.1, 0.15) is 28.7 Å². The van der Waals surface area contributed by atoms with E-state index < -0.39 is 22.8 Å². The van der Waals surface area contributed by atoms with Gasteiger partial charge in [-0.3, -0.25) is 9.88 Å². The van der Waals surface area contributed by atoms with E-state index in [0.717, 1.165) is 12.8 Å². The lowest BCUT2D eigenvalue weighted by molar-refractivity contribution is -0.187. The molecule has 1 N–H and O–H groups in total. The first kappa shape index (κ1) is 33.0. The van der Waals surface area contributed by atoms with Crippen LogP contribution in [0.1, 0.15) is 50.4 Å². The van der Waals surface area contributed by atoms with Gasteiger partial charge in [0.15, 0.2) is 18.2 Å². The molecule has 0 radical (unpaired) electrons. The van der Waals surface area contributed by atoms with E-state index in [4.69, 9.17) is 30.4 Å². The molecule has 0 spiro atoms. The quantitative estimate of drug-likeness (QED) is 0.201. The van der Waals surface area contributed by atoms with Gasteiger partial charge in [0.05, 0.1) is 36.6 Å². The highest BCUT2D eigenvalue weighted by molar-refractivity contribution is 6.04. The van der Waals surface area contributed by atoms with Crippen molar-refractivity contribution in [1.82, 2.24) is 14.9 Å². The molecule has 2 aromatic heterocycles. The third-order valence-corrected chi connectivity index (χ3v) is 9.50. The van der Waals surface area contributed by atoms with Crippen LogP contribution in [0.2, 0.25) is 0 Å². The molecule has 256 valence electrons. The summed E-state index contributed by atoms with van der Waals surface area (Å²) in [4.78, 5) is 26.6. The van der Waals surface area contributed by atoms with Gasteiger partial charge >= 0.3 is 6.09 Å². The molecule has 2 aromatic carbocycles. The maximum absolute atomic E-state index is 17.3. The van der Waals surface area contributed by atoms with Crippen molar-refractivity contribution < 1.29 is 37.6 Å². The molecule has 3 saturated heterocycles. The number of methoxy groups -OCH3 is 1. The Bertz CT molecular complexity index is 2020. The maximum atomic E-state index is 17.3. The minimum atomic E-state index is -1.42. The van der Waals surface area contributed by atoms with Crippen molar-refractivity contribution in [2.24, 2.45) is 0 Å². The Morgan fingerprint density at radius 2 is 1.88 bits per heavy atom. The Labute approximate surface area is 282 Å². The summed E-state index contributed by atoms with van der Waals surface area (Å²) in [5.74, 6) is 1.92. The summed E-state index contributed by atoms with van der Waals surface area (Å²) in [6.45, 7) is 8.07. The number of amides is 1. The number of pyridine rings is 2. The van der Waals surface area contributed by atoms with Crippen LogP contribution >= 0.6 is 0 Å². The SMILES string of the molecule is C#Cc1c(F)ccc2cc(OCOC)cc(-c3ncc4c(N5CC6CCC(C5)N6C(=O)OC(C)(C)C)nc(C5(O)COC5)c(C)c4c3F)c12.